The zero-order chi connectivity index (χ0) is 16.8. The summed E-state index contributed by atoms with van der Waals surface area (Å²) in [6, 6.07) is 16.2. The van der Waals surface area contributed by atoms with Crippen molar-refractivity contribution in [3.63, 3.8) is 0 Å². The smallest absolute Gasteiger partial charge is 0.266 e. The van der Waals surface area contributed by atoms with Crippen molar-refractivity contribution >= 4 is 11.8 Å². The first-order valence-corrected chi connectivity index (χ1v) is 7.43. The molecule has 0 aromatic heterocycles. The van der Waals surface area contributed by atoms with E-state index in [1.165, 1.54) is 0 Å². The highest BCUT2D eigenvalue weighted by atomic mass is 16.5. The molecule has 0 bridgehead atoms. The number of hydroxylamine groups is 1. The molecule has 0 aliphatic heterocycles. The van der Waals surface area contributed by atoms with E-state index in [0.717, 1.165) is 11.1 Å². The van der Waals surface area contributed by atoms with Gasteiger partial charge in [-0.3, -0.25) is 14.8 Å². The number of rotatable bonds is 5. The van der Waals surface area contributed by atoms with Gasteiger partial charge in [-0.15, -0.1) is 0 Å². The van der Waals surface area contributed by atoms with Gasteiger partial charge in [0.25, 0.3) is 11.8 Å². The van der Waals surface area contributed by atoms with E-state index in [1.807, 2.05) is 42.5 Å². The van der Waals surface area contributed by atoms with Gasteiger partial charge in [-0.25, -0.2) is 5.48 Å². The molecule has 0 saturated heterocycles. The highest BCUT2D eigenvalue weighted by Crippen LogP contribution is 2.19. The minimum Gasteiger partial charge on any atom is -0.340 e. The third-order valence-electron chi connectivity index (χ3n) is 3.60. The SMILES string of the molecule is CC(C)C(NC(=O)c1ccc(-c2ccccc2)cc1)C(=O)NO. The molecule has 0 radical (unpaired) electrons. The van der Waals surface area contributed by atoms with Gasteiger partial charge in [0.05, 0.1) is 0 Å². The van der Waals surface area contributed by atoms with E-state index >= 15 is 0 Å². The van der Waals surface area contributed by atoms with Crippen LogP contribution in [0.4, 0.5) is 0 Å². The van der Waals surface area contributed by atoms with Crippen LogP contribution in [0.1, 0.15) is 24.2 Å². The summed E-state index contributed by atoms with van der Waals surface area (Å²) >= 11 is 0. The Labute approximate surface area is 135 Å². The van der Waals surface area contributed by atoms with Crippen LogP contribution in [-0.2, 0) is 4.79 Å². The number of benzene rings is 2. The molecule has 0 saturated carbocycles. The third kappa shape index (κ3) is 4.17. The maximum atomic E-state index is 12.3. The van der Waals surface area contributed by atoms with E-state index in [0.29, 0.717) is 5.56 Å². The molecule has 2 aromatic carbocycles. The second kappa shape index (κ2) is 7.56. The molecule has 2 aromatic rings. The molecule has 0 aliphatic carbocycles. The zero-order valence-corrected chi connectivity index (χ0v) is 13.1. The summed E-state index contributed by atoms with van der Waals surface area (Å²) in [7, 11) is 0. The van der Waals surface area contributed by atoms with Gasteiger partial charge in [0, 0.05) is 5.56 Å². The van der Waals surface area contributed by atoms with E-state index in [9.17, 15) is 9.59 Å². The molecule has 5 nitrogen and oxygen atoms in total. The first-order valence-electron chi connectivity index (χ1n) is 7.43. The summed E-state index contributed by atoms with van der Waals surface area (Å²) in [4.78, 5) is 23.8. The second-order valence-electron chi connectivity index (χ2n) is 5.61. The van der Waals surface area contributed by atoms with Crippen molar-refractivity contribution < 1.29 is 14.8 Å². The highest BCUT2D eigenvalue weighted by molar-refractivity contribution is 5.97. The summed E-state index contributed by atoms with van der Waals surface area (Å²) < 4.78 is 0. The Kier molecular flexibility index (Phi) is 5.49. The Morgan fingerprint density at radius 3 is 2.00 bits per heavy atom. The lowest BCUT2D eigenvalue weighted by Crippen LogP contribution is -2.48. The predicted molar refractivity (Wildman–Crippen MR) is 87.9 cm³/mol. The number of carbonyl (C=O) groups is 2. The summed E-state index contributed by atoms with van der Waals surface area (Å²) in [6.45, 7) is 3.58. The fraction of sp³-hybridized carbons (Fsp3) is 0.222. The molecule has 23 heavy (non-hydrogen) atoms. The maximum Gasteiger partial charge on any atom is 0.266 e. The number of hydrogen-bond acceptors (Lipinski definition) is 3. The van der Waals surface area contributed by atoms with Crippen molar-refractivity contribution in [2.75, 3.05) is 0 Å². The molecule has 0 aliphatic rings. The van der Waals surface area contributed by atoms with Crippen molar-refractivity contribution in [1.82, 2.24) is 10.8 Å². The van der Waals surface area contributed by atoms with Gasteiger partial charge in [0.1, 0.15) is 6.04 Å². The van der Waals surface area contributed by atoms with Gasteiger partial charge in [0.2, 0.25) is 0 Å². The van der Waals surface area contributed by atoms with E-state index < -0.39 is 11.9 Å². The van der Waals surface area contributed by atoms with Crippen LogP contribution in [0, 0.1) is 5.92 Å². The highest BCUT2D eigenvalue weighted by Gasteiger charge is 2.24. The second-order valence-corrected chi connectivity index (χ2v) is 5.61. The summed E-state index contributed by atoms with van der Waals surface area (Å²) in [5, 5.41) is 11.4. The Hall–Kier alpha value is -2.66. The fourth-order valence-electron chi connectivity index (χ4n) is 2.27. The monoisotopic (exact) mass is 312 g/mol. The normalized spacial score (nSPS) is 11.8. The first-order chi connectivity index (χ1) is 11.0. The molecule has 3 N–H and O–H groups in total. The topological polar surface area (TPSA) is 78.4 Å². The average molecular weight is 312 g/mol. The van der Waals surface area contributed by atoms with E-state index in [-0.39, 0.29) is 11.8 Å². The summed E-state index contributed by atoms with van der Waals surface area (Å²) in [5.74, 6) is -1.13. The van der Waals surface area contributed by atoms with Gasteiger partial charge in [-0.1, -0.05) is 56.3 Å². The van der Waals surface area contributed by atoms with Crippen LogP contribution in [-0.4, -0.2) is 23.1 Å². The Morgan fingerprint density at radius 2 is 1.48 bits per heavy atom. The Morgan fingerprint density at radius 1 is 0.913 bits per heavy atom. The largest absolute Gasteiger partial charge is 0.340 e. The van der Waals surface area contributed by atoms with Crippen LogP contribution in [0.15, 0.2) is 54.6 Å². The molecule has 1 atom stereocenters. The van der Waals surface area contributed by atoms with Crippen molar-refractivity contribution in [1.29, 1.82) is 0 Å². The molecule has 120 valence electrons. The van der Waals surface area contributed by atoms with E-state index in [4.69, 9.17) is 5.21 Å². The first kappa shape index (κ1) is 16.7. The van der Waals surface area contributed by atoms with Crippen LogP contribution in [0.25, 0.3) is 11.1 Å². The number of amides is 2. The van der Waals surface area contributed by atoms with Crippen LogP contribution in [0.3, 0.4) is 0 Å². The molecule has 0 fully saturated rings. The number of nitrogens with one attached hydrogen (secondary N) is 2. The minimum atomic E-state index is -0.790. The molecular formula is C18H20N2O3. The molecule has 1 unspecified atom stereocenters. The standard InChI is InChI=1S/C18H20N2O3/c1-12(2)16(18(22)20-23)19-17(21)15-10-8-14(9-11-15)13-6-4-3-5-7-13/h3-12,16,23H,1-2H3,(H,19,21)(H,20,22). The molecule has 2 amide bonds. The Bertz CT molecular complexity index is 666. The van der Waals surface area contributed by atoms with Crippen LogP contribution >= 0.6 is 0 Å². The van der Waals surface area contributed by atoms with Gasteiger partial charge in [-0.2, -0.15) is 0 Å². The quantitative estimate of drug-likeness (QED) is 0.586. The van der Waals surface area contributed by atoms with E-state index in [1.54, 1.807) is 31.5 Å². The van der Waals surface area contributed by atoms with Crippen LogP contribution in [0.2, 0.25) is 0 Å². The molecule has 0 heterocycles. The average Bonchev–Trinajstić information content (AvgIpc) is 2.59. The third-order valence-corrected chi connectivity index (χ3v) is 3.60. The van der Waals surface area contributed by atoms with Gasteiger partial charge >= 0.3 is 0 Å². The Balaban J connectivity index is 2.12. The van der Waals surface area contributed by atoms with Crippen molar-refractivity contribution in [3.8, 4) is 11.1 Å². The fourth-order valence-corrected chi connectivity index (χ4v) is 2.27. The van der Waals surface area contributed by atoms with Crippen molar-refractivity contribution in [2.45, 2.75) is 19.9 Å². The van der Waals surface area contributed by atoms with Gasteiger partial charge in [-0.05, 0) is 29.2 Å². The van der Waals surface area contributed by atoms with E-state index in [2.05, 4.69) is 5.32 Å². The minimum absolute atomic E-state index is 0.144. The molecule has 0 spiro atoms. The van der Waals surface area contributed by atoms with Gasteiger partial charge in [0.15, 0.2) is 0 Å². The summed E-state index contributed by atoms with van der Waals surface area (Å²) in [5.41, 5.74) is 4.12. The molecule has 2 rings (SSSR count). The number of hydrogen-bond donors (Lipinski definition) is 3. The summed E-state index contributed by atoms with van der Waals surface area (Å²) in [6.07, 6.45) is 0. The van der Waals surface area contributed by atoms with Crippen molar-refractivity contribution in [2.24, 2.45) is 5.92 Å². The lowest BCUT2D eigenvalue weighted by molar-refractivity contribution is -0.132. The maximum absolute atomic E-state index is 12.3. The van der Waals surface area contributed by atoms with Crippen LogP contribution in [0.5, 0.6) is 0 Å². The van der Waals surface area contributed by atoms with Crippen molar-refractivity contribution in [3.05, 3.63) is 60.2 Å². The number of carbonyl (C=O) groups excluding carboxylic acids is 2. The lowest BCUT2D eigenvalue weighted by atomic mass is 10.0. The zero-order valence-electron chi connectivity index (χ0n) is 13.1. The lowest BCUT2D eigenvalue weighted by Gasteiger charge is -2.20. The predicted octanol–water partition coefficient (Wildman–Crippen LogP) is 2.61. The molecular weight excluding hydrogens is 292 g/mol. The van der Waals surface area contributed by atoms with Crippen LogP contribution < -0.4 is 10.8 Å². The molecule has 5 heteroatoms. The van der Waals surface area contributed by atoms with Gasteiger partial charge < -0.3 is 5.32 Å².